The molecule has 1 aliphatic heterocycles. The lowest BCUT2D eigenvalue weighted by Crippen LogP contribution is -2.31. The van der Waals surface area contributed by atoms with Crippen LogP contribution >= 0.6 is 11.8 Å². The number of thioether (sulfide) groups is 1. The van der Waals surface area contributed by atoms with E-state index in [1.807, 2.05) is 55.5 Å². The molecule has 1 heterocycles. The first-order chi connectivity index (χ1) is 13.6. The summed E-state index contributed by atoms with van der Waals surface area (Å²) in [5, 5.41) is 0. The molecule has 0 radical (unpaired) electrons. The van der Waals surface area contributed by atoms with E-state index in [4.69, 9.17) is 4.74 Å². The third kappa shape index (κ3) is 3.99. The Bertz CT molecular complexity index is 885. The molecule has 1 aliphatic rings. The van der Waals surface area contributed by atoms with Crippen molar-refractivity contribution in [3.8, 4) is 5.75 Å². The van der Waals surface area contributed by atoms with Crippen LogP contribution in [0.5, 0.6) is 5.75 Å². The van der Waals surface area contributed by atoms with Crippen molar-refractivity contribution in [2.45, 2.75) is 33.6 Å². The molecule has 4 nitrogen and oxygen atoms in total. The number of benzene rings is 2. The summed E-state index contributed by atoms with van der Waals surface area (Å²) in [5.41, 5.74) is 2.99. The molecule has 0 bridgehead atoms. The van der Waals surface area contributed by atoms with Crippen LogP contribution in [0.2, 0.25) is 0 Å². The summed E-state index contributed by atoms with van der Waals surface area (Å²) in [6.07, 6.45) is 1.85. The monoisotopic (exact) mass is 395 g/mol. The Balaban J connectivity index is 1.95. The number of amides is 2. The fourth-order valence-corrected chi connectivity index (χ4v) is 3.95. The Kier molecular flexibility index (Phi) is 6.57. The van der Waals surface area contributed by atoms with Crippen LogP contribution in [-0.2, 0) is 16.0 Å². The van der Waals surface area contributed by atoms with Crippen LogP contribution in [0.15, 0.2) is 53.4 Å². The van der Waals surface area contributed by atoms with Crippen molar-refractivity contribution in [2.75, 3.05) is 17.3 Å². The van der Waals surface area contributed by atoms with E-state index in [1.54, 1.807) is 0 Å². The van der Waals surface area contributed by atoms with Crippen LogP contribution in [0.4, 0.5) is 5.69 Å². The number of nitrogens with zero attached hydrogens (tertiary/aromatic N) is 1. The van der Waals surface area contributed by atoms with Gasteiger partial charge in [0.15, 0.2) is 0 Å². The normalized spacial score (nSPS) is 14.2. The van der Waals surface area contributed by atoms with Gasteiger partial charge in [-0.15, -0.1) is 11.8 Å². The molecule has 0 spiro atoms. The van der Waals surface area contributed by atoms with E-state index in [0.29, 0.717) is 22.8 Å². The topological polar surface area (TPSA) is 46.6 Å². The molecule has 2 aromatic carbocycles. The number of rotatable bonds is 8. The second kappa shape index (κ2) is 9.11. The fraction of sp³-hybridized carbons (Fsp3) is 0.304. The standard InChI is InChI=1S/C23H25NO3S/c1-4-15-27-19-13-9-17(10-14-19)20-21(28-6-3)23(26)24(22(20)25)18-11-7-16(5-2)8-12-18/h7-14H,4-6,15H2,1-3H3. The second-order valence-corrected chi connectivity index (χ2v) is 7.75. The quantitative estimate of drug-likeness (QED) is 0.585. The van der Waals surface area contributed by atoms with Gasteiger partial charge in [-0.1, -0.05) is 45.0 Å². The number of hydrogen-bond donors (Lipinski definition) is 0. The number of aryl methyl sites for hydroxylation is 1. The van der Waals surface area contributed by atoms with E-state index in [0.717, 1.165) is 29.9 Å². The predicted octanol–water partition coefficient (Wildman–Crippen LogP) is 5.08. The molecule has 28 heavy (non-hydrogen) atoms. The molecule has 3 rings (SSSR count). The summed E-state index contributed by atoms with van der Waals surface area (Å²) in [6, 6.07) is 15.0. The van der Waals surface area contributed by atoms with Crippen molar-refractivity contribution in [1.82, 2.24) is 0 Å². The minimum absolute atomic E-state index is 0.248. The summed E-state index contributed by atoms with van der Waals surface area (Å²) in [4.78, 5) is 28.1. The smallest absolute Gasteiger partial charge is 0.272 e. The summed E-state index contributed by atoms with van der Waals surface area (Å²) in [7, 11) is 0. The number of anilines is 1. The van der Waals surface area contributed by atoms with Gasteiger partial charge in [-0.25, -0.2) is 4.90 Å². The number of carbonyl (C=O) groups excluding carboxylic acids is 2. The van der Waals surface area contributed by atoms with Gasteiger partial charge in [-0.3, -0.25) is 9.59 Å². The lowest BCUT2D eigenvalue weighted by Gasteiger charge is -2.15. The SMILES string of the molecule is CCCOc1ccc(C2=C(SCC)C(=O)N(c3ccc(CC)cc3)C2=O)cc1. The predicted molar refractivity (Wildman–Crippen MR) is 116 cm³/mol. The highest BCUT2D eigenvalue weighted by molar-refractivity contribution is 8.04. The molecule has 0 unspecified atom stereocenters. The number of imide groups is 1. The minimum atomic E-state index is -0.271. The first-order valence-corrected chi connectivity index (χ1v) is 10.7. The minimum Gasteiger partial charge on any atom is -0.494 e. The third-order valence-corrected chi connectivity index (χ3v) is 5.50. The van der Waals surface area contributed by atoms with Gasteiger partial charge in [0.2, 0.25) is 0 Å². The van der Waals surface area contributed by atoms with Crippen LogP contribution in [0.3, 0.4) is 0 Å². The van der Waals surface area contributed by atoms with Crippen molar-refractivity contribution in [3.63, 3.8) is 0 Å². The van der Waals surface area contributed by atoms with E-state index in [9.17, 15) is 9.59 Å². The van der Waals surface area contributed by atoms with Gasteiger partial charge in [-0.2, -0.15) is 0 Å². The molecule has 5 heteroatoms. The first-order valence-electron chi connectivity index (χ1n) is 9.68. The lowest BCUT2D eigenvalue weighted by molar-refractivity contribution is -0.119. The highest BCUT2D eigenvalue weighted by Gasteiger charge is 2.39. The van der Waals surface area contributed by atoms with Crippen LogP contribution < -0.4 is 9.64 Å². The van der Waals surface area contributed by atoms with Gasteiger partial charge in [0.1, 0.15) is 5.75 Å². The van der Waals surface area contributed by atoms with E-state index >= 15 is 0 Å². The van der Waals surface area contributed by atoms with Crippen LogP contribution in [0.25, 0.3) is 5.57 Å². The molecule has 0 fully saturated rings. The van der Waals surface area contributed by atoms with Gasteiger partial charge in [0.05, 0.1) is 22.8 Å². The average molecular weight is 396 g/mol. The van der Waals surface area contributed by atoms with Gasteiger partial charge in [-0.05, 0) is 54.0 Å². The zero-order chi connectivity index (χ0) is 20.1. The van der Waals surface area contributed by atoms with Crippen molar-refractivity contribution < 1.29 is 14.3 Å². The zero-order valence-corrected chi connectivity index (χ0v) is 17.3. The van der Waals surface area contributed by atoms with Crippen LogP contribution in [0, 0.1) is 0 Å². The lowest BCUT2D eigenvalue weighted by atomic mass is 10.1. The van der Waals surface area contributed by atoms with Crippen LogP contribution in [-0.4, -0.2) is 24.2 Å². The largest absolute Gasteiger partial charge is 0.494 e. The van der Waals surface area contributed by atoms with Crippen molar-refractivity contribution in [3.05, 3.63) is 64.6 Å². The Morgan fingerprint density at radius 2 is 1.57 bits per heavy atom. The Hall–Kier alpha value is -2.53. The maximum atomic E-state index is 13.2. The first kappa shape index (κ1) is 20.2. The van der Waals surface area contributed by atoms with E-state index in [1.165, 1.54) is 22.2 Å². The molecule has 0 atom stereocenters. The van der Waals surface area contributed by atoms with Gasteiger partial charge < -0.3 is 4.74 Å². The van der Waals surface area contributed by atoms with Gasteiger partial charge >= 0.3 is 0 Å². The molecule has 2 aromatic rings. The summed E-state index contributed by atoms with van der Waals surface area (Å²) < 4.78 is 5.62. The second-order valence-electron chi connectivity index (χ2n) is 6.48. The maximum absolute atomic E-state index is 13.2. The van der Waals surface area contributed by atoms with Crippen molar-refractivity contribution in [1.29, 1.82) is 0 Å². The Morgan fingerprint density at radius 1 is 0.893 bits per heavy atom. The molecule has 0 aliphatic carbocycles. The molecule has 146 valence electrons. The average Bonchev–Trinajstić information content (AvgIpc) is 2.97. The fourth-order valence-electron chi connectivity index (χ4n) is 3.10. The number of hydrogen-bond acceptors (Lipinski definition) is 4. The molecule has 0 aromatic heterocycles. The zero-order valence-electron chi connectivity index (χ0n) is 16.5. The van der Waals surface area contributed by atoms with Crippen molar-refractivity contribution >= 4 is 34.8 Å². The van der Waals surface area contributed by atoms with E-state index in [2.05, 4.69) is 13.8 Å². The third-order valence-electron chi connectivity index (χ3n) is 4.55. The van der Waals surface area contributed by atoms with Crippen molar-refractivity contribution in [2.24, 2.45) is 0 Å². The maximum Gasteiger partial charge on any atom is 0.272 e. The summed E-state index contributed by atoms with van der Waals surface area (Å²) in [5.74, 6) is 0.965. The Morgan fingerprint density at radius 3 is 2.14 bits per heavy atom. The van der Waals surface area contributed by atoms with Gasteiger partial charge in [0, 0.05) is 0 Å². The summed E-state index contributed by atoms with van der Waals surface area (Å²) >= 11 is 1.41. The van der Waals surface area contributed by atoms with E-state index in [-0.39, 0.29) is 11.8 Å². The molecule has 0 saturated heterocycles. The highest BCUT2D eigenvalue weighted by Crippen LogP contribution is 2.38. The summed E-state index contributed by atoms with van der Waals surface area (Å²) in [6.45, 7) is 6.76. The van der Waals surface area contributed by atoms with Gasteiger partial charge in [0.25, 0.3) is 11.8 Å². The molecule has 2 amide bonds. The molecule has 0 saturated carbocycles. The number of ether oxygens (including phenoxy) is 1. The van der Waals surface area contributed by atoms with E-state index < -0.39 is 0 Å². The molecule has 0 N–H and O–H groups in total. The molecular formula is C23H25NO3S. The Labute approximate surface area is 170 Å². The highest BCUT2D eigenvalue weighted by atomic mass is 32.2. The van der Waals surface area contributed by atoms with Crippen LogP contribution in [0.1, 0.15) is 38.3 Å². The molecular weight excluding hydrogens is 370 g/mol. The number of carbonyl (C=O) groups is 2.